The van der Waals surface area contributed by atoms with Crippen molar-refractivity contribution in [3.8, 4) is 22.6 Å². The van der Waals surface area contributed by atoms with Crippen molar-refractivity contribution >= 4 is 28.1 Å². The molecule has 6 rings (SSSR count). The molecule has 7 nitrogen and oxygen atoms in total. The van der Waals surface area contributed by atoms with Crippen molar-refractivity contribution in [1.29, 1.82) is 0 Å². The Labute approximate surface area is 302 Å². The molecule has 4 aromatic rings. The molecule has 0 radical (unpaired) electrons. The van der Waals surface area contributed by atoms with Crippen LogP contribution in [0.1, 0.15) is 66.8 Å². The summed E-state index contributed by atoms with van der Waals surface area (Å²) >= 11 is 0. The Bertz CT molecular complexity index is 1880. The maximum absolute atomic E-state index is 13.9. The zero-order valence-corrected chi connectivity index (χ0v) is 30.1. The number of carboxylic acid groups (broad SMARTS) is 1. The number of ether oxygens (including phenoxy) is 2. The van der Waals surface area contributed by atoms with Crippen LogP contribution >= 0.6 is 0 Å². The summed E-state index contributed by atoms with van der Waals surface area (Å²) in [6.45, 7) is 6.13. The van der Waals surface area contributed by atoms with Crippen molar-refractivity contribution in [2.75, 3.05) is 33.1 Å². The van der Waals surface area contributed by atoms with Gasteiger partial charge in [0.25, 0.3) is 0 Å². The lowest BCUT2D eigenvalue weighted by molar-refractivity contribution is -0.146. The van der Waals surface area contributed by atoms with Crippen LogP contribution in [0.2, 0.25) is 0 Å². The molecular weight excluding hydrogens is 674 g/mol. The molecule has 1 aliphatic carbocycles. The zero-order valence-electron chi connectivity index (χ0n) is 30.1. The summed E-state index contributed by atoms with van der Waals surface area (Å²) in [4.78, 5) is 13.5. The van der Waals surface area contributed by atoms with Gasteiger partial charge in [0.2, 0.25) is 0 Å². The number of piperidine rings is 1. The van der Waals surface area contributed by atoms with Gasteiger partial charge in [-0.2, -0.15) is 13.2 Å². The zero-order chi connectivity index (χ0) is 37.7. The Morgan fingerprint density at radius 3 is 2.23 bits per heavy atom. The molecule has 1 saturated heterocycles. The van der Waals surface area contributed by atoms with Gasteiger partial charge in [-0.3, -0.25) is 9.69 Å². The number of nitrogens with one attached hydrogen (secondary N) is 1. The van der Waals surface area contributed by atoms with Gasteiger partial charge in [0.05, 0.1) is 19.8 Å². The molecule has 2 fully saturated rings. The first kappa shape index (κ1) is 38.5. The first-order valence-corrected chi connectivity index (χ1v) is 17.5. The Balaban J connectivity index is 0.000000225. The number of hydrogen-bond acceptors (Lipinski definition) is 6. The molecule has 0 bridgehead atoms. The summed E-state index contributed by atoms with van der Waals surface area (Å²) in [5, 5.41) is 13.7. The SMILES string of the molecule is C=C(N)c1c(C)cc(NC(C2CC2)C(F)(F)F)cc1F.COc1cc(C2CCCCN2C)cc(OC)c1-c1cccc2c(CCC(=O)O)cccc12. The number of likely N-dealkylation sites (tertiary alicyclic amines) is 1. The molecule has 0 spiro atoms. The number of anilines is 1. The third-order valence-corrected chi connectivity index (χ3v) is 9.95. The molecule has 11 heteroatoms. The predicted molar refractivity (Wildman–Crippen MR) is 198 cm³/mol. The Hall–Kier alpha value is -4.77. The maximum atomic E-state index is 13.9. The van der Waals surface area contributed by atoms with Gasteiger partial charge in [-0.05, 0) is 116 Å². The summed E-state index contributed by atoms with van der Waals surface area (Å²) < 4.78 is 64.4. The number of methoxy groups -OCH3 is 2. The van der Waals surface area contributed by atoms with E-state index in [4.69, 9.17) is 20.3 Å². The van der Waals surface area contributed by atoms with Crippen LogP contribution in [-0.2, 0) is 11.2 Å². The number of halogens is 4. The van der Waals surface area contributed by atoms with Crippen molar-refractivity contribution in [2.24, 2.45) is 11.7 Å². The average Bonchev–Trinajstić information content (AvgIpc) is 3.94. The monoisotopic (exact) mass is 721 g/mol. The molecule has 1 aliphatic heterocycles. The van der Waals surface area contributed by atoms with Crippen LogP contribution in [0.25, 0.3) is 27.6 Å². The number of nitrogens with zero attached hydrogens (tertiary/aromatic N) is 1. The first-order valence-electron chi connectivity index (χ1n) is 17.5. The first-order chi connectivity index (χ1) is 24.7. The smallest absolute Gasteiger partial charge is 0.408 e. The van der Waals surface area contributed by atoms with E-state index in [2.05, 4.69) is 54.2 Å². The Morgan fingerprint density at radius 1 is 1.02 bits per heavy atom. The summed E-state index contributed by atoms with van der Waals surface area (Å²) in [7, 11) is 5.59. The number of rotatable bonds is 11. The number of hydrogen-bond donors (Lipinski definition) is 3. The van der Waals surface area contributed by atoms with E-state index in [-0.39, 0.29) is 23.4 Å². The second-order valence-electron chi connectivity index (χ2n) is 13.7. The number of carboxylic acids is 1. The van der Waals surface area contributed by atoms with Crippen molar-refractivity contribution in [3.63, 3.8) is 0 Å². The number of benzene rings is 4. The van der Waals surface area contributed by atoms with Gasteiger partial charge in [0.1, 0.15) is 23.4 Å². The Kier molecular flexibility index (Phi) is 12.0. The Morgan fingerprint density at radius 2 is 1.67 bits per heavy atom. The number of aliphatic carboxylic acids is 1. The van der Waals surface area contributed by atoms with Crippen LogP contribution in [0, 0.1) is 18.7 Å². The van der Waals surface area contributed by atoms with E-state index in [1.807, 2.05) is 18.2 Å². The lowest BCUT2D eigenvalue weighted by atomic mass is 9.90. The van der Waals surface area contributed by atoms with Crippen LogP contribution in [0.5, 0.6) is 11.5 Å². The highest BCUT2D eigenvalue weighted by Gasteiger charge is 2.49. The van der Waals surface area contributed by atoms with Gasteiger partial charge in [-0.25, -0.2) is 4.39 Å². The van der Waals surface area contributed by atoms with Gasteiger partial charge in [-0.1, -0.05) is 49.4 Å². The van der Waals surface area contributed by atoms with Gasteiger partial charge in [0.15, 0.2) is 0 Å². The highest BCUT2D eigenvalue weighted by molar-refractivity contribution is 6.01. The molecule has 1 saturated carbocycles. The molecule has 2 atom stereocenters. The minimum Gasteiger partial charge on any atom is -0.496 e. The van der Waals surface area contributed by atoms with Crippen molar-refractivity contribution in [3.05, 3.63) is 95.3 Å². The third kappa shape index (κ3) is 8.81. The van der Waals surface area contributed by atoms with E-state index >= 15 is 0 Å². The lowest BCUT2D eigenvalue weighted by Gasteiger charge is -2.33. The van der Waals surface area contributed by atoms with Crippen molar-refractivity contribution < 1.29 is 36.9 Å². The van der Waals surface area contributed by atoms with Crippen molar-refractivity contribution in [2.45, 2.75) is 70.1 Å². The molecule has 0 aromatic heterocycles. The highest BCUT2D eigenvalue weighted by Crippen LogP contribution is 2.46. The topological polar surface area (TPSA) is 97.0 Å². The number of alkyl halides is 3. The molecule has 2 unspecified atom stereocenters. The number of fused-ring (bicyclic) bond motifs is 1. The van der Waals surface area contributed by atoms with E-state index in [0.29, 0.717) is 30.9 Å². The highest BCUT2D eigenvalue weighted by atomic mass is 19.4. The lowest BCUT2D eigenvalue weighted by Crippen LogP contribution is -2.38. The second kappa shape index (κ2) is 16.3. The van der Waals surface area contributed by atoms with Crippen LogP contribution in [-0.4, -0.2) is 56.0 Å². The molecule has 4 N–H and O–H groups in total. The standard InChI is InChI=1S/C27H31NO4.C14H16F4N2/c1-28-15-5-4-12-23(28)19-16-24(31-2)27(25(17-19)32-3)22-11-7-9-20-18(13-14-26(29)30)8-6-10-21(20)22;1-7-5-10(6-11(15)12(7)8(2)19)20-13(9-3-4-9)14(16,17)18/h6-11,16-17,23H,4-5,12-15H2,1-3H3,(H,29,30);5-6,9,13,20H,2-4,19H2,1H3. The van der Waals surface area contributed by atoms with Crippen LogP contribution in [0.15, 0.2) is 67.2 Å². The van der Waals surface area contributed by atoms with Crippen molar-refractivity contribution in [1.82, 2.24) is 4.90 Å². The normalized spacial score (nSPS) is 16.8. The van der Waals surface area contributed by atoms with Gasteiger partial charge < -0.3 is 25.6 Å². The number of nitrogens with two attached hydrogens (primary N) is 1. The molecule has 2 aliphatic rings. The number of carbonyl (C=O) groups is 1. The summed E-state index contributed by atoms with van der Waals surface area (Å²) in [6, 6.07) is 17.7. The average molecular weight is 722 g/mol. The van der Waals surface area contributed by atoms with Gasteiger partial charge in [-0.15, -0.1) is 0 Å². The third-order valence-electron chi connectivity index (χ3n) is 9.95. The minimum absolute atomic E-state index is 0.0566. The molecule has 0 amide bonds. The van der Waals surface area contributed by atoms with Gasteiger partial charge >= 0.3 is 12.1 Å². The van der Waals surface area contributed by atoms with E-state index in [0.717, 1.165) is 58.0 Å². The molecule has 52 heavy (non-hydrogen) atoms. The maximum Gasteiger partial charge on any atom is 0.408 e. The molecule has 1 heterocycles. The fourth-order valence-corrected chi connectivity index (χ4v) is 7.25. The van der Waals surface area contributed by atoms with Gasteiger partial charge in [0, 0.05) is 29.4 Å². The molecule has 4 aromatic carbocycles. The molecule has 278 valence electrons. The fourth-order valence-electron chi connectivity index (χ4n) is 7.25. The van der Waals surface area contributed by atoms with E-state index < -0.39 is 29.9 Å². The fraction of sp³-hybridized carbons (Fsp3) is 0.390. The van der Waals surface area contributed by atoms with Crippen LogP contribution in [0.3, 0.4) is 0 Å². The summed E-state index contributed by atoms with van der Waals surface area (Å²) in [5.41, 5.74) is 10.4. The van der Waals surface area contributed by atoms with E-state index in [1.165, 1.54) is 24.5 Å². The number of aryl methyl sites for hydroxylation is 2. The summed E-state index contributed by atoms with van der Waals surface area (Å²) in [5.74, 6) is -0.299. The quantitative estimate of drug-likeness (QED) is 0.133. The second-order valence-corrected chi connectivity index (χ2v) is 13.7. The largest absolute Gasteiger partial charge is 0.496 e. The minimum atomic E-state index is -4.35. The van der Waals surface area contributed by atoms with Crippen LogP contribution in [0.4, 0.5) is 23.2 Å². The van der Waals surface area contributed by atoms with E-state index in [1.54, 1.807) is 21.1 Å². The molecular formula is C41H47F4N3O4. The predicted octanol–water partition coefficient (Wildman–Crippen LogP) is 9.51. The van der Waals surface area contributed by atoms with Crippen LogP contribution < -0.4 is 20.5 Å². The van der Waals surface area contributed by atoms with E-state index in [9.17, 15) is 22.4 Å². The summed E-state index contributed by atoms with van der Waals surface area (Å²) in [6.07, 6.45) is 0.929.